The number of amides is 1. The molecule has 3 aromatic heterocycles. The van der Waals surface area contributed by atoms with Gasteiger partial charge in [0.1, 0.15) is 34.9 Å². The zero-order chi connectivity index (χ0) is 34.9. The fourth-order valence-corrected chi connectivity index (χ4v) is 8.95. The summed E-state index contributed by atoms with van der Waals surface area (Å²) < 4.78 is 29.5. The molecule has 0 unspecified atom stereocenters. The zero-order valence-corrected chi connectivity index (χ0v) is 29.2. The summed E-state index contributed by atoms with van der Waals surface area (Å²) in [5.74, 6) is 0.0300. The van der Waals surface area contributed by atoms with Gasteiger partial charge in [-0.1, -0.05) is 41.6 Å². The lowest BCUT2D eigenvalue weighted by molar-refractivity contribution is 0.0122. The Hall–Kier alpha value is -4.91. The van der Waals surface area contributed by atoms with Gasteiger partial charge in [0.2, 0.25) is 0 Å². The van der Waals surface area contributed by atoms with Crippen molar-refractivity contribution in [1.29, 1.82) is 0 Å². The largest absolute Gasteiger partial charge is 0.461 e. The molecule has 5 aromatic rings. The zero-order valence-electron chi connectivity index (χ0n) is 29.2. The Morgan fingerprint density at radius 1 is 1.02 bits per heavy atom. The van der Waals surface area contributed by atoms with E-state index in [1.54, 1.807) is 12.4 Å². The minimum Gasteiger partial charge on any atom is -0.461 e. The van der Waals surface area contributed by atoms with Crippen molar-refractivity contribution in [3.8, 4) is 28.5 Å². The number of aromatic nitrogens is 6. The summed E-state index contributed by atoms with van der Waals surface area (Å²) in [5.41, 5.74) is 1.83. The van der Waals surface area contributed by atoms with Crippen LogP contribution in [-0.2, 0) is 4.74 Å². The van der Waals surface area contributed by atoms with Crippen molar-refractivity contribution in [2.45, 2.75) is 82.5 Å². The van der Waals surface area contributed by atoms with Crippen LogP contribution in [0.15, 0.2) is 48.8 Å². The molecule has 4 fully saturated rings. The predicted molar refractivity (Wildman–Crippen MR) is 191 cm³/mol. The first-order chi connectivity index (χ1) is 24.7. The second-order valence-corrected chi connectivity index (χ2v) is 15.5. The molecule has 1 N–H and O–H groups in total. The fourth-order valence-electron chi connectivity index (χ4n) is 8.95. The number of benzene rings is 2. The quantitative estimate of drug-likeness (QED) is 0.215. The molecule has 9 rings (SSSR count). The number of aromatic amines is 1. The molecular weight excluding hydrogens is 649 g/mol. The summed E-state index contributed by atoms with van der Waals surface area (Å²) in [6.07, 6.45) is 9.26. The lowest BCUT2D eigenvalue weighted by Crippen LogP contribution is -2.57. The topological polar surface area (TPSA) is 125 Å². The second kappa shape index (κ2) is 12.1. The molecule has 4 aliphatic rings. The van der Waals surface area contributed by atoms with Crippen LogP contribution in [0.1, 0.15) is 59.3 Å². The average molecular weight is 692 g/mol. The average Bonchev–Trinajstić information content (AvgIpc) is 3.91. The number of fused-ring (bicyclic) bond motifs is 5. The van der Waals surface area contributed by atoms with Gasteiger partial charge in [-0.2, -0.15) is 9.97 Å². The molecule has 2 bridgehead atoms. The molecule has 4 saturated heterocycles. The first-order valence-electron chi connectivity index (χ1n) is 18.1. The van der Waals surface area contributed by atoms with E-state index < -0.39 is 11.4 Å². The van der Waals surface area contributed by atoms with Crippen molar-refractivity contribution in [3.63, 3.8) is 0 Å². The third-order valence-electron chi connectivity index (χ3n) is 11.2. The minimum atomic E-state index is -0.586. The molecule has 4 aliphatic heterocycles. The maximum absolute atomic E-state index is 17.2. The van der Waals surface area contributed by atoms with E-state index in [2.05, 4.69) is 25.2 Å². The standard InChI is InChI=1S/C38H42FN9O3/c1-37(2,3)51-36(49)48-24-12-13-25(48)21-46(20-24)34-28-18-40-32(27-11-5-9-23-8-4-10-26(30(23)27)29-19-41-45-44-29)31(39)33(28)42-35(43-34)50-22-38-14-6-16-47(38)17-7-15-38/h4-5,8-11,18-19,24-25H,6-7,12-17,20-22H2,1-3H3,(H,41,44,45)/t24-,25+. The summed E-state index contributed by atoms with van der Waals surface area (Å²) in [6, 6.07) is 11.7. The van der Waals surface area contributed by atoms with Gasteiger partial charge < -0.3 is 14.4 Å². The first-order valence-corrected chi connectivity index (χ1v) is 18.1. The molecule has 51 heavy (non-hydrogen) atoms. The molecule has 0 radical (unpaired) electrons. The Kier molecular flexibility index (Phi) is 7.60. The third kappa shape index (κ3) is 5.53. The number of rotatable bonds is 6. The lowest BCUT2D eigenvalue weighted by Gasteiger charge is -2.42. The summed E-state index contributed by atoms with van der Waals surface area (Å²) >= 11 is 0. The molecule has 1 amide bonds. The second-order valence-electron chi connectivity index (χ2n) is 15.5. The number of anilines is 1. The highest BCUT2D eigenvalue weighted by Crippen LogP contribution is 2.42. The Balaban J connectivity index is 1.14. The number of halogens is 1. The van der Waals surface area contributed by atoms with Gasteiger partial charge in [-0.15, -0.1) is 5.10 Å². The van der Waals surface area contributed by atoms with Crippen LogP contribution in [0.5, 0.6) is 6.01 Å². The summed E-state index contributed by atoms with van der Waals surface area (Å²) in [7, 11) is 0. The van der Waals surface area contributed by atoms with Gasteiger partial charge in [0, 0.05) is 35.8 Å². The number of nitrogens with zero attached hydrogens (tertiary/aromatic N) is 8. The van der Waals surface area contributed by atoms with Gasteiger partial charge in [0.25, 0.3) is 0 Å². The number of hydrogen-bond donors (Lipinski definition) is 1. The number of pyridine rings is 1. The van der Waals surface area contributed by atoms with Crippen LogP contribution in [0.3, 0.4) is 0 Å². The number of hydrogen-bond acceptors (Lipinski definition) is 10. The Labute approximate surface area is 295 Å². The maximum Gasteiger partial charge on any atom is 0.410 e. The highest BCUT2D eigenvalue weighted by atomic mass is 19.1. The van der Waals surface area contributed by atoms with Gasteiger partial charge >= 0.3 is 12.1 Å². The van der Waals surface area contributed by atoms with E-state index in [4.69, 9.17) is 24.4 Å². The van der Waals surface area contributed by atoms with Gasteiger partial charge in [-0.05, 0) is 77.8 Å². The normalized spacial score (nSPS) is 21.5. The summed E-state index contributed by atoms with van der Waals surface area (Å²) in [6.45, 7) is 9.33. The molecule has 0 spiro atoms. The van der Waals surface area contributed by atoms with Crippen molar-refractivity contribution in [2.75, 3.05) is 37.7 Å². The highest BCUT2D eigenvalue weighted by molar-refractivity contribution is 6.06. The molecule has 0 saturated carbocycles. The lowest BCUT2D eigenvalue weighted by atomic mass is 9.95. The Bertz CT molecular complexity index is 2110. The molecule has 2 atom stereocenters. The van der Waals surface area contributed by atoms with E-state index >= 15 is 4.39 Å². The molecule has 7 heterocycles. The number of carbonyl (C=O) groups excluding carboxylic acids is 1. The predicted octanol–water partition coefficient (Wildman–Crippen LogP) is 6.36. The van der Waals surface area contributed by atoms with Crippen LogP contribution in [-0.4, -0.2) is 102 Å². The maximum atomic E-state index is 17.2. The van der Waals surface area contributed by atoms with Crippen molar-refractivity contribution in [3.05, 3.63) is 54.6 Å². The first kappa shape index (κ1) is 32.0. The van der Waals surface area contributed by atoms with E-state index in [9.17, 15) is 4.79 Å². The van der Waals surface area contributed by atoms with Gasteiger partial charge in [-0.3, -0.25) is 19.9 Å². The smallest absolute Gasteiger partial charge is 0.410 e. The highest BCUT2D eigenvalue weighted by Gasteiger charge is 2.46. The fraction of sp³-hybridized carbons (Fsp3) is 0.474. The number of ether oxygens (including phenoxy) is 2. The number of carbonyl (C=O) groups is 1. The monoisotopic (exact) mass is 691 g/mol. The summed E-state index contributed by atoms with van der Waals surface area (Å²) in [5, 5.41) is 13.2. The van der Waals surface area contributed by atoms with Crippen LogP contribution in [0.4, 0.5) is 15.0 Å². The van der Waals surface area contributed by atoms with Crippen LogP contribution < -0.4 is 9.64 Å². The molecule has 264 valence electrons. The van der Waals surface area contributed by atoms with Crippen molar-refractivity contribution >= 4 is 33.6 Å². The molecular formula is C38H42FN9O3. The van der Waals surface area contributed by atoms with E-state index in [1.165, 1.54) is 0 Å². The van der Waals surface area contributed by atoms with Crippen LogP contribution in [0.2, 0.25) is 0 Å². The Morgan fingerprint density at radius 3 is 2.43 bits per heavy atom. The SMILES string of the molecule is CC(C)(C)OC(=O)N1[C@@H]2CC[C@H]1CN(c1nc(OCC34CCCN3CCC4)nc3c(F)c(-c4cccc5cccc(-c6c[nH]nn6)c45)ncc13)C2. The van der Waals surface area contributed by atoms with E-state index in [1.807, 2.05) is 62.1 Å². The number of H-pyrrole nitrogens is 1. The number of nitrogens with one attached hydrogen (secondary N) is 1. The van der Waals surface area contributed by atoms with Gasteiger partial charge in [0.05, 0.1) is 29.2 Å². The van der Waals surface area contributed by atoms with Crippen LogP contribution >= 0.6 is 0 Å². The van der Waals surface area contributed by atoms with E-state index in [0.29, 0.717) is 42.2 Å². The van der Waals surface area contributed by atoms with E-state index in [-0.39, 0.29) is 40.9 Å². The van der Waals surface area contributed by atoms with E-state index in [0.717, 1.165) is 68.0 Å². The molecule has 12 nitrogen and oxygen atoms in total. The van der Waals surface area contributed by atoms with Crippen LogP contribution in [0, 0.1) is 5.82 Å². The minimum absolute atomic E-state index is 0.0287. The van der Waals surface area contributed by atoms with Crippen molar-refractivity contribution in [2.24, 2.45) is 0 Å². The van der Waals surface area contributed by atoms with Gasteiger partial charge in [0.15, 0.2) is 5.82 Å². The summed E-state index contributed by atoms with van der Waals surface area (Å²) in [4.78, 5) is 34.3. The molecule has 13 heteroatoms. The Morgan fingerprint density at radius 2 is 1.75 bits per heavy atom. The third-order valence-corrected chi connectivity index (χ3v) is 11.2. The van der Waals surface area contributed by atoms with Crippen molar-refractivity contribution < 1.29 is 18.7 Å². The van der Waals surface area contributed by atoms with Gasteiger partial charge in [-0.25, -0.2) is 9.18 Å². The van der Waals surface area contributed by atoms with Crippen LogP contribution in [0.25, 0.3) is 44.2 Å². The number of piperazine rings is 1. The van der Waals surface area contributed by atoms with Crippen molar-refractivity contribution in [1.82, 2.24) is 40.2 Å². The molecule has 0 aliphatic carbocycles. The molecule has 2 aromatic carbocycles.